The third-order valence-corrected chi connectivity index (χ3v) is 3.80. The second kappa shape index (κ2) is 4.83. The maximum Gasteiger partial charge on any atom is 0.408 e. The van der Waals surface area contributed by atoms with Crippen molar-refractivity contribution in [3.8, 4) is 0 Å². The van der Waals surface area contributed by atoms with E-state index in [2.05, 4.69) is 9.59 Å². The van der Waals surface area contributed by atoms with Gasteiger partial charge in [-0.15, -0.1) is 5.10 Å². The lowest BCUT2D eigenvalue weighted by Gasteiger charge is -2.36. The van der Waals surface area contributed by atoms with Gasteiger partial charge in [0.15, 0.2) is 0 Å². The number of carbonyl (C=O) groups is 1. The Morgan fingerprint density at radius 1 is 1.44 bits per heavy atom. The lowest BCUT2D eigenvalue weighted by molar-refractivity contribution is -0.183. The van der Waals surface area contributed by atoms with Gasteiger partial charge in [-0.05, 0) is 37.7 Å². The first kappa shape index (κ1) is 13.3. The summed E-state index contributed by atoms with van der Waals surface area (Å²) in [5, 5.41) is 3.66. The Hall–Kier alpha value is -1.18. The van der Waals surface area contributed by atoms with Gasteiger partial charge < -0.3 is 4.90 Å². The second-order valence-electron chi connectivity index (χ2n) is 4.24. The minimum absolute atomic E-state index is 0.0273. The van der Waals surface area contributed by atoms with E-state index in [0.717, 1.165) is 16.4 Å². The van der Waals surface area contributed by atoms with E-state index < -0.39 is 18.1 Å². The highest BCUT2D eigenvalue weighted by atomic mass is 32.1. The van der Waals surface area contributed by atoms with Gasteiger partial charge in [-0.3, -0.25) is 4.79 Å². The molecule has 1 aromatic heterocycles. The number of aromatic nitrogens is 2. The third-order valence-electron chi connectivity index (χ3n) is 2.99. The number of alkyl halides is 3. The molecule has 4 nitrogen and oxygen atoms in total. The molecule has 0 aliphatic carbocycles. The van der Waals surface area contributed by atoms with Gasteiger partial charge in [0, 0.05) is 6.54 Å². The van der Waals surface area contributed by atoms with Crippen LogP contribution in [0.25, 0.3) is 0 Å². The second-order valence-corrected chi connectivity index (χ2v) is 4.99. The molecule has 0 bridgehead atoms. The largest absolute Gasteiger partial charge is 0.408 e. The summed E-state index contributed by atoms with van der Waals surface area (Å²) < 4.78 is 42.2. The van der Waals surface area contributed by atoms with Crippen molar-refractivity contribution in [1.29, 1.82) is 0 Å². The Bertz CT molecular complexity index is 446. The average molecular weight is 279 g/mol. The van der Waals surface area contributed by atoms with Gasteiger partial charge in [0.25, 0.3) is 5.91 Å². The fourth-order valence-electron chi connectivity index (χ4n) is 2.07. The summed E-state index contributed by atoms with van der Waals surface area (Å²) in [5.41, 5.74) is 0.386. The smallest absolute Gasteiger partial charge is 0.326 e. The molecule has 2 rings (SSSR count). The van der Waals surface area contributed by atoms with Crippen molar-refractivity contribution in [3.05, 3.63) is 10.6 Å². The number of halogens is 3. The normalized spacial score (nSPS) is 21.1. The molecule has 1 saturated heterocycles. The van der Waals surface area contributed by atoms with E-state index in [0.29, 0.717) is 18.5 Å². The molecule has 1 aliphatic heterocycles. The maximum atomic E-state index is 12.9. The fourth-order valence-corrected chi connectivity index (χ4v) is 2.69. The van der Waals surface area contributed by atoms with E-state index in [-0.39, 0.29) is 17.8 Å². The predicted octanol–water partition coefficient (Wildman–Crippen LogP) is 2.40. The standard InChI is InChI=1S/C10H12F3N3OS/c1-6-8(18-15-14-6)9(17)16-5-3-2-4-7(16)10(11,12)13/h7H,2-5H2,1H3. The number of piperidine rings is 1. The Balaban J connectivity index is 2.25. The predicted molar refractivity (Wildman–Crippen MR) is 59.4 cm³/mol. The van der Waals surface area contributed by atoms with Crippen molar-refractivity contribution in [2.75, 3.05) is 6.54 Å². The number of nitrogens with zero attached hydrogens (tertiary/aromatic N) is 3. The maximum absolute atomic E-state index is 12.9. The lowest BCUT2D eigenvalue weighted by Crippen LogP contribution is -2.51. The third kappa shape index (κ3) is 2.47. The van der Waals surface area contributed by atoms with Crippen LogP contribution in [0, 0.1) is 6.92 Å². The molecule has 0 N–H and O–H groups in total. The molecule has 1 amide bonds. The zero-order valence-corrected chi connectivity index (χ0v) is 10.5. The summed E-state index contributed by atoms with van der Waals surface area (Å²) in [6, 6.07) is -1.68. The molecular formula is C10H12F3N3OS. The van der Waals surface area contributed by atoms with Crippen LogP contribution in [-0.4, -0.2) is 39.2 Å². The van der Waals surface area contributed by atoms with E-state index in [9.17, 15) is 18.0 Å². The van der Waals surface area contributed by atoms with Crippen molar-refractivity contribution < 1.29 is 18.0 Å². The van der Waals surface area contributed by atoms with E-state index in [4.69, 9.17) is 0 Å². The quantitative estimate of drug-likeness (QED) is 0.793. The number of rotatable bonds is 1. The molecule has 0 saturated carbocycles. The van der Waals surface area contributed by atoms with E-state index >= 15 is 0 Å². The molecule has 0 aromatic carbocycles. The molecule has 1 aliphatic rings. The molecule has 1 unspecified atom stereocenters. The van der Waals surface area contributed by atoms with Crippen LogP contribution >= 0.6 is 11.5 Å². The summed E-state index contributed by atoms with van der Waals surface area (Å²) in [6.45, 7) is 1.71. The van der Waals surface area contributed by atoms with Gasteiger partial charge in [-0.2, -0.15) is 13.2 Å². The minimum Gasteiger partial charge on any atom is -0.326 e. The Morgan fingerprint density at radius 3 is 2.72 bits per heavy atom. The Kier molecular flexibility index (Phi) is 3.56. The summed E-state index contributed by atoms with van der Waals surface area (Å²) in [4.78, 5) is 13.2. The number of hydrogen-bond acceptors (Lipinski definition) is 4. The first-order chi connectivity index (χ1) is 8.41. The number of carbonyl (C=O) groups excluding carboxylic acids is 1. The number of aryl methyl sites for hydroxylation is 1. The SMILES string of the molecule is Cc1nnsc1C(=O)N1CCCCC1C(F)(F)F. The summed E-state index contributed by atoms with van der Waals surface area (Å²) >= 11 is 0.844. The first-order valence-corrected chi connectivity index (χ1v) is 6.35. The van der Waals surface area contributed by atoms with Crippen LogP contribution < -0.4 is 0 Å². The van der Waals surface area contributed by atoms with E-state index in [1.165, 1.54) is 0 Å². The number of likely N-dealkylation sites (tertiary alicyclic amines) is 1. The zero-order valence-electron chi connectivity index (χ0n) is 9.70. The lowest BCUT2D eigenvalue weighted by atomic mass is 10.0. The van der Waals surface area contributed by atoms with Crippen LogP contribution in [-0.2, 0) is 0 Å². The molecule has 0 spiro atoms. The first-order valence-electron chi connectivity index (χ1n) is 5.58. The van der Waals surface area contributed by atoms with Gasteiger partial charge in [0.05, 0.1) is 5.69 Å². The van der Waals surface area contributed by atoms with Crippen LogP contribution in [0.5, 0.6) is 0 Å². The van der Waals surface area contributed by atoms with Gasteiger partial charge in [0.2, 0.25) is 0 Å². The number of hydrogen-bond donors (Lipinski definition) is 0. The molecule has 1 fully saturated rings. The fraction of sp³-hybridized carbons (Fsp3) is 0.700. The van der Waals surface area contributed by atoms with Crippen molar-refractivity contribution in [1.82, 2.24) is 14.5 Å². The summed E-state index contributed by atoms with van der Waals surface area (Å²) in [7, 11) is 0. The Morgan fingerprint density at radius 2 is 2.17 bits per heavy atom. The Labute approximate surface area is 106 Å². The average Bonchev–Trinajstić information content (AvgIpc) is 2.73. The van der Waals surface area contributed by atoms with Crippen molar-refractivity contribution in [2.45, 2.75) is 38.4 Å². The molecule has 1 atom stereocenters. The highest BCUT2D eigenvalue weighted by Crippen LogP contribution is 2.33. The molecule has 8 heteroatoms. The minimum atomic E-state index is -4.37. The van der Waals surface area contributed by atoms with E-state index in [1.54, 1.807) is 6.92 Å². The topological polar surface area (TPSA) is 46.1 Å². The van der Waals surface area contributed by atoms with Gasteiger partial charge in [0.1, 0.15) is 10.9 Å². The van der Waals surface area contributed by atoms with Gasteiger partial charge >= 0.3 is 6.18 Å². The van der Waals surface area contributed by atoms with Crippen LogP contribution in [0.3, 0.4) is 0 Å². The van der Waals surface area contributed by atoms with Crippen LogP contribution in [0.1, 0.15) is 34.6 Å². The molecule has 100 valence electrons. The zero-order chi connectivity index (χ0) is 13.3. The van der Waals surface area contributed by atoms with Crippen molar-refractivity contribution in [3.63, 3.8) is 0 Å². The van der Waals surface area contributed by atoms with Crippen LogP contribution in [0.15, 0.2) is 0 Å². The van der Waals surface area contributed by atoms with Crippen molar-refractivity contribution in [2.24, 2.45) is 0 Å². The molecular weight excluding hydrogens is 267 g/mol. The number of amides is 1. The van der Waals surface area contributed by atoms with Gasteiger partial charge in [-0.25, -0.2) is 0 Å². The van der Waals surface area contributed by atoms with Crippen LogP contribution in [0.2, 0.25) is 0 Å². The molecule has 0 radical (unpaired) electrons. The summed E-state index contributed by atoms with van der Waals surface area (Å²) in [5.74, 6) is -0.607. The van der Waals surface area contributed by atoms with Gasteiger partial charge in [-0.1, -0.05) is 4.49 Å². The van der Waals surface area contributed by atoms with Crippen LogP contribution in [0.4, 0.5) is 13.2 Å². The molecule has 1 aromatic rings. The molecule has 2 heterocycles. The molecule has 18 heavy (non-hydrogen) atoms. The highest BCUT2D eigenvalue weighted by molar-refractivity contribution is 7.07. The van der Waals surface area contributed by atoms with Crippen molar-refractivity contribution >= 4 is 17.4 Å². The highest BCUT2D eigenvalue weighted by Gasteiger charge is 2.46. The van der Waals surface area contributed by atoms with E-state index in [1.807, 2.05) is 0 Å². The summed E-state index contributed by atoms with van der Waals surface area (Å²) in [6.07, 6.45) is -3.31. The monoisotopic (exact) mass is 279 g/mol.